The van der Waals surface area contributed by atoms with Crippen molar-refractivity contribution in [3.63, 3.8) is 0 Å². The third-order valence-electron chi connectivity index (χ3n) is 7.64. The molecule has 1 heterocycles. The van der Waals surface area contributed by atoms with E-state index in [4.69, 9.17) is 4.74 Å². The summed E-state index contributed by atoms with van der Waals surface area (Å²) in [6.45, 7) is 11.0. The highest BCUT2D eigenvalue weighted by Crippen LogP contribution is 2.70. The van der Waals surface area contributed by atoms with E-state index in [-0.39, 0.29) is 23.8 Å². The summed E-state index contributed by atoms with van der Waals surface area (Å²) in [7, 11) is -2.11. The minimum absolute atomic E-state index is 0.124. The number of alkyl carbamates (subject to hydrolysis) is 1. The van der Waals surface area contributed by atoms with Gasteiger partial charge in [0, 0.05) is 26.2 Å². The Kier molecular flexibility index (Phi) is 7.59. The first kappa shape index (κ1) is 26.7. The third-order valence-corrected chi connectivity index (χ3v) is 9.89. The Morgan fingerprint density at radius 2 is 1.85 bits per heavy atom. The molecule has 34 heavy (non-hydrogen) atoms. The second-order valence-electron chi connectivity index (χ2n) is 11.1. The van der Waals surface area contributed by atoms with Crippen molar-refractivity contribution in [2.24, 2.45) is 11.3 Å². The van der Waals surface area contributed by atoms with Gasteiger partial charge in [-0.15, -0.1) is 6.58 Å². The lowest BCUT2D eigenvalue weighted by Crippen LogP contribution is -2.58. The Bertz CT molecular complexity index is 874. The summed E-state index contributed by atoms with van der Waals surface area (Å²) >= 11 is 0. The van der Waals surface area contributed by atoms with Crippen molar-refractivity contribution in [1.29, 1.82) is 0 Å². The molecule has 3 aliphatic rings. The smallest absolute Gasteiger partial charge is 0.408 e. The molecule has 0 aromatic heterocycles. The summed E-state index contributed by atoms with van der Waals surface area (Å²) in [5, 5.41) is 1.59. The second kappa shape index (κ2) is 9.65. The molecule has 3 rings (SSSR count). The molecule has 2 N–H and O–H groups in total. The van der Waals surface area contributed by atoms with E-state index in [9.17, 15) is 23.8 Å². The van der Waals surface area contributed by atoms with Crippen molar-refractivity contribution in [3.8, 4) is 0 Å². The lowest BCUT2D eigenvalue weighted by atomic mass is 9.85. The van der Waals surface area contributed by atoms with Crippen LogP contribution in [-0.2, 0) is 18.9 Å². The van der Waals surface area contributed by atoms with Gasteiger partial charge in [0.2, 0.25) is 19.2 Å². The average molecular weight is 498 g/mol. The third kappa shape index (κ3) is 5.06. The van der Waals surface area contributed by atoms with Crippen LogP contribution in [0.4, 0.5) is 4.79 Å². The zero-order chi connectivity index (χ0) is 25.5. The molecular weight excluding hydrogens is 457 g/mol. The summed E-state index contributed by atoms with van der Waals surface area (Å²) in [4.78, 5) is 53.1. The monoisotopic (exact) mass is 497 g/mol. The molecule has 1 aliphatic heterocycles. The fourth-order valence-electron chi connectivity index (χ4n) is 5.50. The summed E-state index contributed by atoms with van der Waals surface area (Å²) < 4.78 is 18.2. The number of ether oxygens (including phenoxy) is 1. The molecule has 2 unspecified atom stereocenters. The van der Waals surface area contributed by atoms with Gasteiger partial charge in [0.15, 0.2) is 0 Å². The van der Waals surface area contributed by atoms with E-state index in [1.54, 1.807) is 6.08 Å². The van der Waals surface area contributed by atoms with Crippen LogP contribution in [0.1, 0.15) is 65.7 Å². The van der Waals surface area contributed by atoms with Gasteiger partial charge in [-0.2, -0.15) is 0 Å². The lowest BCUT2D eigenvalue weighted by molar-refractivity contribution is -0.146. The maximum absolute atomic E-state index is 13.6. The van der Waals surface area contributed by atoms with Crippen LogP contribution in [0.2, 0.25) is 0 Å². The van der Waals surface area contributed by atoms with Gasteiger partial charge in [0.1, 0.15) is 23.5 Å². The van der Waals surface area contributed by atoms with E-state index in [1.807, 2.05) is 20.8 Å². The average Bonchev–Trinajstić information content (AvgIpc) is 3.05. The number of nitrogens with one attached hydrogen (secondary N) is 1. The molecule has 2 saturated carbocycles. The Morgan fingerprint density at radius 1 is 1.24 bits per heavy atom. The minimum atomic E-state index is -3.65. The molecule has 2 aliphatic carbocycles. The van der Waals surface area contributed by atoms with Gasteiger partial charge in [-0.05, 0) is 50.4 Å². The molecule has 0 bridgehead atoms. The minimum Gasteiger partial charge on any atom is -0.446 e. The maximum atomic E-state index is 13.6. The number of likely N-dealkylation sites (N-methyl/N-ethyl adjacent to an activating group) is 1. The molecular formula is C24H40N3O6P. The number of hydrogen-bond acceptors (Lipinski definition) is 5. The van der Waals surface area contributed by atoms with Gasteiger partial charge >= 0.3 is 6.09 Å². The molecule has 0 radical (unpaired) electrons. The molecule has 0 spiro atoms. The van der Waals surface area contributed by atoms with Crippen LogP contribution in [0.15, 0.2) is 12.7 Å². The fourth-order valence-corrected chi connectivity index (χ4v) is 7.41. The van der Waals surface area contributed by atoms with Crippen molar-refractivity contribution in [3.05, 3.63) is 12.7 Å². The molecule has 3 fully saturated rings. The summed E-state index contributed by atoms with van der Waals surface area (Å²) in [6, 6.07) is -1.62. The summed E-state index contributed by atoms with van der Waals surface area (Å²) in [5.74, 6) is -0.955. The number of nitrogens with zero attached hydrogens (tertiary/aromatic N) is 2. The van der Waals surface area contributed by atoms with Crippen LogP contribution < -0.4 is 5.32 Å². The summed E-state index contributed by atoms with van der Waals surface area (Å²) in [5.41, 5.74) is -0.607. The standard InChI is InChI=1S/C24H40N3O6P/c1-7-16-15-24(16,34(6,31)32)26(5)20(28)18-13-10-14-27(18)21(29)19(23(2,3)4)25-22(30)33-17-11-8-9-12-17/h7,16-19H,1,8-15H2,2-6H3,(H,25,30)(H,31,32)/t16-,18+,19?,24+/m1/s1. The number of likely N-dealkylation sites (tertiary alicyclic amines) is 1. The van der Waals surface area contributed by atoms with Gasteiger partial charge in [-0.1, -0.05) is 26.8 Å². The first-order chi connectivity index (χ1) is 15.7. The number of carbonyl (C=O) groups is 3. The summed E-state index contributed by atoms with van der Waals surface area (Å²) in [6.07, 6.45) is 6.07. The normalized spacial score (nSPS) is 29.8. The Morgan fingerprint density at radius 3 is 2.35 bits per heavy atom. The van der Waals surface area contributed by atoms with Crippen molar-refractivity contribution in [2.45, 2.75) is 89.2 Å². The predicted octanol–water partition coefficient (Wildman–Crippen LogP) is 3.32. The highest BCUT2D eigenvalue weighted by molar-refractivity contribution is 7.59. The topological polar surface area (TPSA) is 116 Å². The zero-order valence-electron chi connectivity index (χ0n) is 21.1. The molecule has 192 valence electrons. The van der Waals surface area contributed by atoms with E-state index < -0.39 is 36.2 Å². The van der Waals surface area contributed by atoms with E-state index >= 15 is 0 Å². The molecule has 5 atom stereocenters. The van der Waals surface area contributed by atoms with Crippen LogP contribution >= 0.6 is 7.37 Å². The maximum Gasteiger partial charge on any atom is 0.408 e. The van der Waals surface area contributed by atoms with Crippen molar-refractivity contribution in [2.75, 3.05) is 20.3 Å². The van der Waals surface area contributed by atoms with Crippen LogP contribution in [0, 0.1) is 11.3 Å². The van der Waals surface area contributed by atoms with Gasteiger partial charge in [0.05, 0.1) is 0 Å². The molecule has 10 heteroatoms. The van der Waals surface area contributed by atoms with Crippen LogP contribution in [0.5, 0.6) is 0 Å². The Hall–Kier alpha value is -1.86. The molecule has 9 nitrogen and oxygen atoms in total. The number of amides is 3. The van der Waals surface area contributed by atoms with E-state index in [2.05, 4.69) is 11.9 Å². The molecule has 0 aromatic carbocycles. The van der Waals surface area contributed by atoms with Gasteiger partial charge in [-0.25, -0.2) is 4.79 Å². The van der Waals surface area contributed by atoms with Crippen molar-refractivity contribution in [1.82, 2.24) is 15.1 Å². The molecule has 3 amide bonds. The largest absolute Gasteiger partial charge is 0.446 e. The Labute approximate surface area is 202 Å². The zero-order valence-corrected chi connectivity index (χ0v) is 22.0. The SMILES string of the molecule is C=C[C@@H]1C[C@]1(N(C)C(=O)[C@@H]1CCCN1C(=O)C(NC(=O)OC1CCCC1)C(C)(C)C)P(C)(=O)O. The predicted molar refractivity (Wildman–Crippen MR) is 129 cm³/mol. The van der Waals surface area contributed by atoms with Crippen molar-refractivity contribution >= 4 is 25.3 Å². The molecule has 0 aromatic rings. The highest BCUT2D eigenvalue weighted by atomic mass is 31.2. The van der Waals surface area contributed by atoms with Crippen LogP contribution in [0.3, 0.4) is 0 Å². The molecule has 1 saturated heterocycles. The first-order valence-corrected chi connectivity index (χ1v) is 14.3. The van der Waals surface area contributed by atoms with Crippen molar-refractivity contribution < 1.29 is 28.6 Å². The second-order valence-corrected chi connectivity index (χ2v) is 13.7. The highest BCUT2D eigenvalue weighted by Gasteiger charge is 2.67. The van der Waals surface area contributed by atoms with E-state index in [0.29, 0.717) is 25.8 Å². The van der Waals surface area contributed by atoms with Gasteiger partial charge < -0.3 is 24.7 Å². The van der Waals surface area contributed by atoms with Gasteiger partial charge in [-0.3, -0.25) is 14.2 Å². The Balaban J connectivity index is 1.76. The van der Waals surface area contributed by atoms with Crippen LogP contribution in [-0.4, -0.2) is 76.3 Å². The van der Waals surface area contributed by atoms with Crippen LogP contribution in [0.25, 0.3) is 0 Å². The number of rotatable bonds is 7. The number of carbonyl (C=O) groups excluding carboxylic acids is 3. The van der Waals surface area contributed by atoms with E-state index in [1.165, 1.54) is 23.5 Å². The van der Waals surface area contributed by atoms with E-state index in [0.717, 1.165) is 25.7 Å². The fraction of sp³-hybridized carbons (Fsp3) is 0.792. The number of hydrogen-bond donors (Lipinski definition) is 2. The van der Waals surface area contributed by atoms with Gasteiger partial charge in [0.25, 0.3) is 0 Å². The quantitative estimate of drug-likeness (QED) is 0.412. The lowest BCUT2D eigenvalue weighted by Gasteiger charge is -2.38. The first-order valence-electron chi connectivity index (χ1n) is 12.2.